The molecule has 3 aliphatic rings. The van der Waals surface area contributed by atoms with Gasteiger partial charge in [0.1, 0.15) is 11.5 Å². The summed E-state index contributed by atoms with van der Waals surface area (Å²) in [6, 6.07) is 10.7. The SMILES string of the molecule is C/C=C\C1=C(/C=C/C)C(=O)OC12c1ccc(N)cc1Oc1cc(N)ccc12.CC.O=CON1C(=O)CCC1=O. The van der Waals surface area contributed by atoms with Gasteiger partial charge in [-0.25, -0.2) is 4.79 Å². The molecule has 0 saturated carbocycles. The van der Waals surface area contributed by atoms with Gasteiger partial charge in [-0.3, -0.25) is 14.4 Å². The second-order valence-corrected chi connectivity index (χ2v) is 8.29. The minimum atomic E-state index is -1.11. The highest BCUT2D eigenvalue weighted by Gasteiger charge is 2.53. The van der Waals surface area contributed by atoms with Crippen LogP contribution in [0.5, 0.6) is 11.5 Å². The number of anilines is 2. The molecule has 1 fully saturated rings. The lowest BCUT2D eigenvalue weighted by Crippen LogP contribution is -2.34. The zero-order valence-electron chi connectivity index (χ0n) is 22.2. The molecule has 0 aromatic heterocycles. The van der Waals surface area contributed by atoms with Crippen molar-refractivity contribution in [2.24, 2.45) is 0 Å². The zero-order chi connectivity index (χ0) is 28.7. The summed E-state index contributed by atoms with van der Waals surface area (Å²) < 4.78 is 12.1. The van der Waals surface area contributed by atoms with Gasteiger partial charge in [-0.05, 0) is 38.1 Å². The number of esters is 1. The summed E-state index contributed by atoms with van der Waals surface area (Å²) in [6.45, 7) is 7.83. The second kappa shape index (κ2) is 12.1. The molecule has 1 saturated heterocycles. The topological polar surface area (TPSA) is 151 Å². The van der Waals surface area contributed by atoms with Gasteiger partial charge in [-0.15, -0.1) is 5.06 Å². The van der Waals surface area contributed by atoms with E-state index in [4.69, 9.17) is 20.9 Å². The molecule has 10 nitrogen and oxygen atoms in total. The van der Waals surface area contributed by atoms with Crippen molar-refractivity contribution in [3.8, 4) is 11.5 Å². The van der Waals surface area contributed by atoms with Gasteiger partial charge in [0.15, 0.2) is 5.60 Å². The fourth-order valence-corrected chi connectivity index (χ4v) is 4.46. The number of nitrogen functional groups attached to an aromatic ring is 2. The van der Waals surface area contributed by atoms with Crippen molar-refractivity contribution >= 4 is 35.6 Å². The quantitative estimate of drug-likeness (QED) is 0.251. The van der Waals surface area contributed by atoms with Gasteiger partial charge in [0.25, 0.3) is 11.8 Å². The van der Waals surface area contributed by atoms with E-state index in [2.05, 4.69) is 4.84 Å². The number of amides is 2. The Kier molecular flexibility index (Phi) is 8.92. The van der Waals surface area contributed by atoms with Crippen molar-refractivity contribution in [1.29, 1.82) is 0 Å². The van der Waals surface area contributed by atoms with Gasteiger partial charge in [-0.1, -0.05) is 38.2 Å². The van der Waals surface area contributed by atoms with E-state index in [1.54, 1.807) is 30.3 Å². The number of benzene rings is 2. The van der Waals surface area contributed by atoms with Crippen LogP contribution in [0.25, 0.3) is 0 Å². The monoisotopic (exact) mass is 533 g/mol. The number of ether oxygens (including phenoxy) is 2. The first-order valence-corrected chi connectivity index (χ1v) is 12.4. The normalized spacial score (nSPS) is 16.7. The first-order chi connectivity index (χ1) is 18.8. The predicted molar refractivity (Wildman–Crippen MR) is 145 cm³/mol. The number of allylic oxidation sites excluding steroid dienone is 2. The number of carbonyl (C=O) groups excluding carboxylic acids is 4. The first kappa shape index (κ1) is 28.7. The number of imide groups is 1. The number of nitrogens with zero attached hydrogens (tertiary/aromatic N) is 1. The van der Waals surface area contributed by atoms with Crippen LogP contribution in [0, 0.1) is 0 Å². The van der Waals surface area contributed by atoms with E-state index >= 15 is 0 Å². The number of rotatable bonds is 4. The van der Waals surface area contributed by atoms with Crippen LogP contribution in [0.3, 0.4) is 0 Å². The summed E-state index contributed by atoms with van der Waals surface area (Å²) in [5.41, 5.74) is 14.7. The van der Waals surface area contributed by atoms with Crippen molar-refractivity contribution in [2.45, 2.75) is 46.1 Å². The van der Waals surface area contributed by atoms with E-state index in [1.165, 1.54) is 0 Å². The summed E-state index contributed by atoms with van der Waals surface area (Å²) in [5.74, 6) is -0.211. The molecule has 2 amide bonds. The number of hydroxylamine groups is 2. The summed E-state index contributed by atoms with van der Waals surface area (Å²) in [7, 11) is 0. The van der Waals surface area contributed by atoms with Crippen LogP contribution in [0.15, 0.2) is 71.8 Å². The zero-order valence-corrected chi connectivity index (χ0v) is 22.2. The molecular weight excluding hydrogens is 502 g/mol. The maximum absolute atomic E-state index is 12.8. The number of hydrogen-bond donors (Lipinski definition) is 2. The summed E-state index contributed by atoms with van der Waals surface area (Å²) >= 11 is 0. The molecule has 0 bridgehead atoms. The lowest BCUT2D eigenvalue weighted by Gasteiger charge is -2.37. The number of nitrogens with two attached hydrogens (primary N) is 2. The van der Waals surface area contributed by atoms with Crippen molar-refractivity contribution in [2.75, 3.05) is 11.5 Å². The van der Waals surface area contributed by atoms with Crippen LogP contribution in [0.2, 0.25) is 0 Å². The van der Waals surface area contributed by atoms with Crippen LogP contribution in [-0.4, -0.2) is 29.3 Å². The fraction of sp³-hybridized carbons (Fsp3) is 0.241. The predicted octanol–water partition coefficient (Wildman–Crippen LogP) is 4.46. The molecular formula is C29H31N3O7. The molecule has 39 heavy (non-hydrogen) atoms. The maximum atomic E-state index is 12.8. The van der Waals surface area contributed by atoms with Crippen molar-refractivity contribution in [3.05, 3.63) is 83.0 Å². The Bertz CT molecular complexity index is 1320. The molecule has 10 heteroatoms. The van der Waals surface area contributed by atoms with E-state index in [-0.39, 0.29) is 25.3 Å². The van der Waals surface area contributed by atoms with Crippen molar-refractivity contribution in [3.63, 3.8) is 0 Å². The van der Waals surface area contributed by atoms with Crippen molar-refractivity contribution in [1.82, 2.24) is 5.06 Å². The molecule has 2 aromatic carbocycles. The third-order valence-electron chi connectivity index (χ3n) is 5.95. The Morgan fingerprint density at radius 1 is 0.872 bits per heavy atom. The Balaban J connectivity index is 0.000000294. The average Bonchev–Trinajstić information content (AvgIpc) is 3.37. The lowest BCUT2D eigenvalue weighted by atomic mass is 9.76. The standard InChI is InChI=1S/C22H20N2O3.C5H5NO4.C2H6/c1-3-5-15-16(6-4-2)22(27-21(15)25)17-9-7-13(23)11-19(17)26-20-12-14(24)8-10-18(20)22;7-3-10-6-4(8)1-2-5(6)9;1-2/h3-12H,23-24H2,1-2H3;3H,1-2H2;1-2H3/b5-3+,6-4-;;. The molecule has 1 spiro atoms. The van der Waals surface area contributed by atoms with Gasteiger partial charge in [0, 0.05) is 53.0 Å². The molecule has 3 heterocycles. The van der Waals surface area contributed by atoms with E-state index in [9.17, 15) is 19.2 Å². The summed E-state index contributed by atoms with van der Waals surface area (Å²) in [4.78, 5) is 47.8. The average molecular weight is 534 g/mol. The van der Waals surface area contributed by atoms with Gasteiger partial charge in [0.05, 0.1) is 5.57 Å². The Labute approximate surface area is 226 Å². The Hall–Kier alpha value is -4.86. The van der Waals surface area contributed by atoms with E-state index in [1.807, 2.05) is 58.1 Å². The number of fused-ring (bicyclic) bond motifs is 4. The highest BCUT2D eigenvalue weighted by atomic mass is 16.7. The van der Waals surface area contributed by atoms with Gasteiger partial charge in [0.2, 0.25) is 0 Å². The molecule has 204 valence electrons. The fourth-order valence-electron chi connectivity index (χ4n) is 4.46. The van der Waals surface area contributed by atoms with E-state index < -0.39 is 17.4 Å². The molecule has 0 radical (unpaired) electrons. The van der Waals surface area contributed by atoms with Crippen LogP contribution in [0.4, 0.5) is 11.4 Å². The van der Waals surface area contributed by atoms with Gasteiger partial charge in [-0.2, -0.15) is 0 Å². The van der Waals surface area contributed by atoms with Crippen LogP contribution >= 0.6 is 0 Å². The van der Waals surface area contributed by atoms with Crippen molar-refractivity contribution < 1.29 is 33.5 Å². The third-order valence-corrected chi connectivity index (χ3v) is 5.95. The molecule has 0 atom stereocenters. The van der Waals surface area contributed by atoms with E-state index in [0.717, 1.165) is 16.7 Å². The molecule has 3 aliphatic heterocycles. The summed E-state index contributed by atoms with van der Waals surface area (Å²) in [5, 5.41) is 0.479. The number of carbonyl (C=O) groups is 4. The molecule has 0 aliphatic carbocycles. The minimum Gasteiger partial charge on any atom is -0.456 e. The summed E-state index contributed by atoms with van der Waals surface area (Å²) in [6.07, 6.45) is 7.67. The largest absolute Gasteiger partial charge is 0.456 e. The lowest BCUT2D eigenvalue weighted by molar-refractivity contribution is -0.188. The van der Waals surface area contributed by atoms with Gasteiger partial charge < -0.3 is 25.8 Å². The minimum absolute atomic E-state index is 0.0567. The molecule has 5 rings (SSSR count). The molecule has 2 aromatic rings. The van der Waals surface area contributed by atoms with Gasteiger partial charge >= 0.3 is 12.4 Å². The van der Waals surface area contributed by atoms with Crippen LogP contribution < -0.4 is 16.2 Å². The van der Waals surface area contributed by atoms with E-state index in [0.29, 0.717) is 33.5 Å². The molecule has 4 N–H and O–H groups in total. The van der Waals surface area contributed by atoms with Crippen LogP contribution in [-0.2, 0) is 34.4 Å². The number of hydrogen-bond acceptors (Lipinski definition) is 9. The highest BCUT2D eigenvalue weighted by molar-refractivity contribution is 6.01. The third kappa shape index (κ3) is 5.26. The Morgan fingerprint density at radius 2 is 1.38 bits per heavy atom. The Morgan fingerprint density at radius 3 is 1.85 bits per heavy atom. The smallest absolute Gasteiger partial charge is 0.340 e. The highest BCUT2D eigenvalue weighted by Crippen LogP contribution is 2.57. The maximum Gasteiger partial charge on any atom is 0.340 e. The first-order valence-electron chi connectivity index (χ1n) is 12.4. The van der Waals surface area contributed by atoms with Crippen LogP contribution in [0.1, 0.15) is 51.7 Å². The molecule has 0 unspecified atom stereocenters. The second-order valence-electron chi connectivity index (χ2n) is 8.29.